The van der Waals surface area contributed by atoms with Gasteiger partial charge < -0.3 is 15.1 Å². The minimum atomic E-state index is -0.489. The van der Waals surface area contributed by atoms with E-state index < -0.39 is 5.92 Å². The predicted octanol–water partition coefficient (Wildman–Crippen LogP) is 3.74. The van der Waals surface area contributed by atoms with Gasteiger partial charge >= 0.3 is 0 Å². The molecule has 126 valence electrons. The Balaban J connectivity index is 1.56. The fourth-order valence-corrected chi connectivity index (χ4v) is 3.25. The fourth-order valence-electron chi connectivity index (χ4n) is 3.25. The molecule has 5 nitrogen and oxygen atoms in total. The van der Waals surface area contributed by atoms with E-state index in [4.69, 9.17) is 4.42 Å². The van der Waals surface area contributed by atoms with Gasteiger partial charge in [0.05, 0.1) is 12.0 Å². The van der Waals surface area contributed by atoms with Gasteiger partial charge in [0, 0.05) is 17.5 Å². The molecule has 3 aromatic rings. The van der Waals surface area contributed by atoms with Gasteiger partial charge in [0.25, 0.3) is 0 Å². The number of carbonyl (C=O) groups excluding carboxylic acids is 2. The predicted molar refractivity (Wildman–Crippen MR) is 95.2 cm³/mol. The lowest BCUT2D eigenvalue weighted by atomic mass is 9.89. The SMILES string of the molecule is CC(NC(=O)C1CC(=O)Nc2ccccc21)c1cc2ccccc2o1. The number of amides is 2. The number of para-hydroxylation sites is 2. The van der Waals surface area contributed by atoms with Crippen LogP contribution in [0.3, 0.4) is 0 Å². The summed E-state index contributed by atoms with van der Waals surface area (Å²) in [6.45, 7) is 1.88. The number of carbonyl (C=O) groups is 2. The average Bonchev–Trinajstić information content (AvgIpc) is 3.05. The van der Waals surface area contributed by atoms with E-state index in [0.29, 0.717) is 11.4 Å². The molecule has 2 N–H and O–H groups in total. The molecule has 2 heterocycles. The van der Waals surface area contributed by atoms with Crippen LogP contribution >= 0.6 is 0 Å². The van der Waals surface area contributed by atoms with E-state index in [2.05, 4.69) is 10.6 Å². The first-order valence-corrected chi connectivity index (χ1v) is 8.29. The topological polar surface area (TPSA) is 71.3 Å². The lowest BCUT2D eigenvalue weighted by Gasteiger charge is -2.25. The summed E-state index contributed by atoms with van der Waals surface area (Å²) in [5, 5.41) is 6.79. The molecule has 0 radical (unpaired) electrons. The molecule has 2 unspecified atom stereocenters. The van der Waals surface area contributed by atoms with Crippen LogP contribution in [0.4, 0.5) is 5.69 Å². The Labute approximate surface area is 145 Å². The van der Waals surface area contributed by atoms with Crippen molar-refractivity contribution < 1.29 is 14.0 Å². The molecular formula is C20H18N2O3. The van der Waals surface area contributed by atoms with Gasteiger partial charge in [0.1, 0.15) is 11.3 Å². The highest BCUT2D eigenvalue weighted by Crippen LogP contribution is 2.33. The van der Waals surface area contributed by atoms with Crippen molar-refractivity contribution in [3.8, 4) is 0 Å². The molecule has 2 atom stereocenters. The van der Waals surface area contributed by atoms with E-state index >= 15 is 0 Å². The molecular weight excluding hydrogens is 316 g/mol. The van der Waals surface area contributed by atoms with Gasteiger partial charge in [-0.2, -0.15) is 0 Å². The molecule has 0 fully saturated rings. The van der Waals surface area contributed by atoms with Crippen molar-refractivity contribution in [3.05, 3.63) is 65.9 Å². The van der Waals surface area contributed by atoms with E-state index in [1.165, 1.54) is 0 Å². The van der Waals surface area contributed by atoms with Crippen molar-refractivity contribution in [2.24, 2.45) is 0 Å². The molecule has 1 aromatic heterocycles. The first-order chi connectivity index (χ1) is 12.1. The summed E-state index contributed by atoms with van der Waals surface area (Å²) >= 11 is 0. The molecule has 0 bridgehead atoms. The highest BCUT2D eigenvalue weighted by Gasteiger charge is 2.31. The quantitative estimate of drug-likeness (QED) is 0.766. The zero-order chi connectivity index (χ0) is 17.4. The summed E-state index contributed by atoms with van der Waals surface area (Å²) in [7, 11) is 0. The van der Waals surface area contributed by atoms with Crippen LogP contribution in [0.5, 0.6) is 0 Å². The van der Waals surface area contributed by atoms with Crippen LogP contribution in [0.2, 0.25) is 0 Å². The van der Waals surface area contributed by atoms with Crippen LogP contribution in [-0.4, -0.2) is 11.8 Å². The molecule has 2 amide bonds. The minimum Gasteiger partial charge on any atom is -0.459 e. The van der Waals surface area contributed by atoms with Crippen LogP contribution in [-0.2, 0) is 9.59 Å². The molecule has 4 rings (SSSR count). The maximum absolute atomic E-state index is 12.8. The Morgan fingerprint density at radius 2 is 1.96 bits per heavy atom. The summed E-state index contributed by atoms with van der Waals surface area (Å²) in [5.74, 6) is -0.106. The number of furan rings is 1. The Kier molecular flexibility index (Phi) is 3.76. The fraction of sp³-hybridized carbons (Fsp3) is 0.200. The van der Waals surface area contributed by atoms with E-state index in [0.717, 1.165) is 16.5 Å². The highest BCUT2D eigenvalue weighted by atomic mass is 16.3. The lowest BCUT2D eigenvalue weighted by Crippen LogP contribution is -2.36. The van der Waals surface area contributed by atoms with Crippen molar-refractivity contribution in [1.29, 1.82) is 0 Å². The van der Waals surface area contributed by atoms with Crippen LogP contribution in [0.25, 0.3) is 11.0 Å². The average molecular weight is 334 g/mol. The van der Waals surface area contributed by atoms with E-state index in [1.807, 2.05) is 61.5 Å². The molecule has 0 aliphatic carbocycles. The molecule has 2 aromatic carbocycles. The number of benzene rings is 2. The largest absolute Gasteiger partial charge is 0.459 e. The molecule has 0 spiro atoms. The number of hydrogen-bond donors (Lipinski definition) is 2. The number of rotatable bonds is 3. The number of fused-ring (bicyclic) bond motifs is 2. The van der Waals surface area contributed by atoms with Crippen molar-refractivity contribution in [3.63, 3.8) is 0 Å². The van der Waals surface area contributed by atoms with Crippen molar-refractivity contribution >= 4 is 28.5 Å². The van der Waals surface area contributed by atoms with Crippen LogP contribution in [0.15, 0.2) is 59.0 Å². The van der Waals surface area contributed by atoms with Crippen molar-refractivity contribution in [1.82, 2.24) is 5.32 Å². The third-order valence-electron chi connectivity index (χ3n) is 4.55. The zero-order valence-corrected chi connectivity index (χ0v) is 13.8. The molecule has 0 saturated carbocycles. The van der Waals surface area contributed by atoms with Crippen LogP contribution in [0, 0.1) is 0 Å². The third-order valence-corrected chi connectivity index (χ3v) is 4.55. The third kappa shape index (κ3) is 2.89. The van der Waals surface area contributed by atoms with Gasteiger partial charge in [-0.1, -0.05) is 36.4 Å². The Morgan fingerprint density at radius 3 is 2.80 bits per heavy atom. The summed E-state index contributed by atoms with van der Waals surface area (Å²) < 4.78 is 5.81. The summed E-state index contributed by atoms with van der Waals surface area (Å²) in [5.41, 5.74) is 2.34. The van der Waals surface area contributed by atoms with Gasteiger partial charge in [0.15, 0.2) is 0 Å². The van der Waals surface area contributed by atoms with Gasteiger partial charge in [-0.15, -0.1) is 0 Å². The van der Waals surface area contributed by atoms with Gasteiger partial charge in [-0.3, -0.25) is 9.59 Å². The normalized spacial score (nSPS) is 17.6. The van der Waals surface area contributed by atoms with Gasteiger partial charge in [-0.25, -0.2) is 0 Å². The standard InChI is InChI=1S/C20H18N2O3/c1-12(18-10-13-6-2-5-9-17(13)25-18)21-20(24)15-11-19(23)22-16-8-4-3-7-14(15)16/h2-10,12,15H,11H2,1H3,(H,21,24)(H,22,23). The van der Waals surface area contributed by atoms with E-state index in [1.54, 1.807) is 0 Å². The maximum Gasteiger partial charge on any atom is 0.228 e. The Bertz CT molecular complexity index is 927. The van der Waals surface area contributed by atoms with Crippen molar-refractivity contribution in [2.75, 3.05) is 5.32 Å². The summed E-state index contributed by atoms with van der Waals surface area (Å²) in [6.07, 6.45) is 0.149. The Morgan fingerprint density at radius 1 is 1.20 bits per heavy atom. The first-order valence-electron chi connectivity index (χ1n) is 8.29. The highest BCUT2D eigenvalue weighted by molar-refractivity contribution is 6.01. The first kappa shape index (κ1) is 15.4. The second-order valence-corrected chi connectivity index (χ2v) is 6.31. The van der Waals surface area contributed by atoms with Gasteiger partial charge in [-0.05, 0) is 30.7 Å². The van der Waals surface area contributed by atoms with Crippen molar-refractivity contribution in [2.45, 2.75) is 25.3 Å². The number of nitrogens with one attached hydrogen (secondary N) is 2. The van der Waals surface area contributed by atoms with E-state index in [9.17, 15) is 9.59 Å². The van der Waals surface area contributed by atoms with Crippen LogP contribution < -0.4 is 10.6 Å². The second-order valence-electron chi connectivity index (χ2n) is 6.31. The Hall–Kier alpha value is -3.08. The van der Waals surface area contributed by atoms with Gasteiger partial charge in [0.2, 0.25) is 11.8 Å². The molecule has 1 aliphatic rings. The maximum atomic E-state index is 12.8. The number of hydrogen-bond acceptors (Lipinski definition) is 3. The smallest absolute Gasteiger partial charge is 0.228 e. The lowest BCUT2D eigenvalue weighted by molar-refractivity contribution is -0.126. The minimum absolute atomic E-state index is 0.143. The van der Waals surface area contributed by atoms with Crippen LogP contribution in [0.1, 0.15) is 36.6 Å². The molecule has 25 heavy (non-hydrogen) atoms. The molecule has 0 saturated heterocycles. The monoisotopic (exact) mass is 334 g/mol. The summed E-state index contributed by atoms with van der Waals surface area (Å²) in [4.78, 5) is 24.7. The summed E-state index contributed by atoms with van der Waals surface area (Å²) in [6, 6.07) is 16.8. The number of anilines is 1. The second kappa shape index (κ2) is 6.09. The molecule has 5 heteroatoms. The molecule has 1 aliphatic heterocycles. The van der Waals surface area contributed by atoms with E-state index in [-0.39, 0.29) is 24.3 Å². The zero-order valence-electron chi connectivity index (χ0n) is 13.8.